The molecule has 0 aliphatic carbocycles. The van der Waals surface area contributed by atoms with E-state index in [1.165, 1.54) is 0 Å². The highest BCUT2D eigenvalue weighted by atomic mass is 79.9. The number of nitrogens with zero attached hydrogens (tertiary/aromatic N) is 1. The van der Waals surface area contributed by atoms with Gasteiger partial charge in [-0.15, -0.1) is 0 Å². The van der Waals surface area contributed by atoms with Crippen LogP contribution in [0.5, 0.6) is 5.75 Å². The summed E-state index contributed by atoms with van der Waals surface area (Å²) in [5.41, 5.74) is -0.841. The van der Waals surface area contributed by atoms with Gasteiger partial charge in [-0.25, -0.2) is 9.38 Å². The topological polar surface area (TPSA) is 80.2 Å². The summed E-state index contributed by atoms with van der Waals surface area (Å²) in [6.07, 6.45) is -5.13. The number of amides is 1. The highest BCUT2D eigenvalue weighted by Crippen LogP contribution is 2.43. The molecule has 12 heteroatoms. The Kier molecular flexibility index (Phi) is 10.5. The van der Waals surface area contributed by atoms with E-state index in [0.29, 0.717) is 36.0 Å². The lowest BCUT2D eigenvalue weighted by molar-refractivity contribution is -0.137. The first-order valence-corrected chi connectivity index (χ1v) is 15.8. The molecule has 0 radical (unpaired) electrons. The average molecular weight is 764 g/mol. The first kappa shape index (κ1) is 33.6. The SMILES string of the molecule is O=C(NCc1cc(F)cc(C(F)(F)F)c1)[C@]1(Cc2ccc(Br)cc2)N=C(c2ccc(OCCCO)cc2)O[C@@H]1c1ccc(Br)cc1. The van der Waals surface area contributed by atoms with E-state index in [1.54, 1.807) is 36.4 Å². The van der Waals surface area contributed by atoms with Crippen LogP contribution in [0, 0.1) is 5.82 Å². The van der Waals surface area contributed by atoms with Crippen LogP contribution in [0.2, 0.25) is 0 Å². The van der Waals surface area contributed by atoms with Gasteiger partial charge in [0.2, 0.25) is 5.90 Å². The van der Waals surface area contributed by atoms with Crippen LogP contribution >= 0.6 is 31.9 Å². The third-order valence-corrected chi connectivity index (χ3v) is 8.38. The van der Waals surface area contributed by atoms with Gasteiger partial charge in [0.15, 0.2) is 11.6 Å². The molecule has 2 N–H and O–H groups in total. The molecular formula is C34H28Br2F4N2O4. The minimum absolute atomic E-state index is 0.00535. The summed E-state index contributed by atoms with van der Waals surface area (Å²) in [6.45, 7) is -0.0316. The van der Waals surface area contributed by atoms with Crippen LogP contribution in [-0.2, 0) is 28.7 Å². The molecule has 1 heterocycles. The molecule has 6 nitrogen and oxygen atoms in total. The number of nitrogens with one attached hydrogen (secondary N) is 1. The molecule has 46 heavy (non-hydrogen) atoms. The normalized spacial score (nSPS) is 17.7. The second-order valence-corrected chi connectivity index (χ2v) is 12.5. The van der Waals surface area contributed by atoms with Gasteiger partial charge in [0, 0.05) is 40.5 Å². The van der Waals surface area contributed by atoms with Crippen LogP contribution < -0.4 is 10.1 Å². The first-order valence-electron chi connectivity index (χ1n) is 14.2. The highest BCUT2D eigenvalue weighted by Gasteiger charge is 2.53. The molecule has 1 amide bonds. The maximum absolute atomic E-state index is 14.3. The van der Waals surface area contributed by atoms with Crippen LogP contribution in [0.15, 0.2) is 105 Å². The Balaban J connectivity index is 1.55. The molecule has 0 aromatic heterocycles. The van der Waals surface area contributed by atoms with Gasteiger partial charge >= 0.3 is 6.18 Å². The summed E-state index contributed by atoms with van der Waals surface area (Å²) < 4.78 is 68.1. The Hall–Kier alpha value is -3.74. The van der Waals surface area contributed by atoms with Gasteiger partial charge in [0.1, 0.15) is 11.6 Å². The van der Waals surface area contributed by atoms with Crippen LogP contribution in [-0.4, -0.2) is 35.7 Å². The Labute approximate surface area is 279 Å². The quantitative estimate of drug-likeness (QED) is 0.120. The second-order valence-electron chi connectivity index (χ2n) is 10.7. The number of hydrogen-bond acceptors (Lipinski definition) is 5. The lowest BCUT2D eigenvalue weighted by Gasteiger charge is -2.31. The van der Waals surface area contributed by atoms with Gasteiger partial charge in [-0.1, -0.05) is 56.1 Å². The van der Waals surface area contributed by atoms with Crippen molar-refractivity contribution in [3.05, 3.63) is 134 Å². The fraction of sp³-hybridized carbons (Fsp3) is 0.235. The molecule has 240 valence electrons. The number of alkyl halides is 3. The fourth-order valence-corrected chi connectivity index (χ4v) is 5.61. The molecule has 0 unspecified atom stereocenters. The smallest absolute Gasteiger partial charge is 0.416 e. The van der Waals surface area contributed by atoms with Crippen LogP contribution in [0.3, 0.4) is 0 Å². The number of halogens is 6. The predicted molar refractivity (Wildman–Crippen MR) is 172 cm³/mol. The third-order valence-electron chi connectivity index (χ3n) is 7.33. The summed E-state index contributed by atoms with van der Waals surface area (Å²) in [5.74, 6) is -0.913. The number of carbonyl (C=O) groups is 1. The van der Waals surface area contributed by atoms with Crippen molar-refractivity contribution in [3.8, 4) is 5.75 Å². The maximum Gasteiger partial charge on any atom is 0.416 e. The zero-order chi connectivity index (χ0) is 32.9. The van der Waals surface area contributed by atoms with Crippen molar-refractivity contribution in [2.75, 3.05) is 13.2 Å². The number of carbonyl (C=O) groups excluding carboxylic acids is 1. The Morgan fingerprint density at radius 1 is 0.935 bits per heavy atom. The van der Waals surface area contributed by atoms with Gasteiger partial charge in [0.05, 0.1) is 12.2 Å². The first-order chi connectivity index (χ1) is 22.0. The molecule has 0 saturated heterocycles. The number of aliphatic hydroxyl groups excluding tert-OH is 1. The summed E-state index contributed by atoms with van der Waals surface area (Å²) in [6, 6.07) is 23.7. The monoisotopic (exact) mass is 762 g/mol. The van der Waals surface area contributed by atoms with Gasteiger partial charge in [-0.05, 0) is 83.4 Å². The minimum atomic E-state index is -4.76. The minimum Gasteiger partial charge on any atom is -0.494 e. The van der Waals surface area contributed by atoms with E-state index >= 15 is 0 Å². The summed E-state index contributed by atoms with van der Waals surface area (Å²) in [7, 11) is 0. The molecule has 0 fully saturated rings. The largest absolute Gasteiger partial charge is 0.494 e. The van der Waals surface area contributed by atoms with E-state index in [4.69, 9.17) is 19.6 Å². The Morgan fingerprint density at radius 3 is 2.22 bits per heavy atom. The van der Waals surface area contributed by atoms with E-state index in [-0.39, 0.29) is 31.0 Å². The molecule has 5 rings (SSSR count). The van der Waals surface area contributed by atoms with Crippen molar-refractivity contribution in [1.82, 2.24) is 5.32 Å². The number of benzene rings is 4. The molecule has 4 aromatic carbocycles. The van der Waals surface area contributed by atoms with Crippen LogP contribution in [0.1, 0.15) is 40.3 Å². The molecule has 0 bridgehead atoms. The molecule has 2 atom stereocenters. The van der Waals surface area contributed by atoms with Crippen molar-refractivity contribution >= 4 is 43.7 Å². The van der Waals surface area contributed by atoms with Crippen molar-refractivity contribution in [3.63, 3.8) is 0 Å². The number of aliphatic hydroxyl groups is 1. The standard InChI is InChI=1S/C34H28Br2F4N2O4/c35-26-8-2-21(3-9-26)19-33(32(44)41-20-22-16-25(34(38,39)40)18-28(37)17-22)30(23-4-10-27(36)11-5-23)46-31(42-33)24-6-12-29(13-7-24)45-15-1-14-43/h2-13,16-18,30,43H,1,14-15,19-20H2,(H,41,44)/t30-,33-/m1/s1. The molecule has 0 spiro atoms. The number of hydrogen-bond donors (Lipinski definition) is 2. The van der Waals surface area contributed by atoms with Gasteiger partial charge < -0.3 is 19.9 Å². The Bertz CT molecular complexity index is 1700. The van der Waals surface area contributed by atoms with Crippen molar-refractivity contribution in [2.24, 2.45) is 4.99 Å². The van der Waals surface area contributed by atoms with Crippen molar-refractivity contribution in [1.29, 1.82) is 0 Å². The fourth-order valence-electron chi connectivity index (χ4n) is 5.08. The van der Waals surface area contributed by atoms with Gasteiger partial charge in [-0.2, -0.15) is 13.2 Å². The average Bonchev–Trinajstić information content (AvgIpc) is 3.41. The summed E-state index contributed by atoms with van der Waals surface area (Å²) in [5, 5.41) is 11.7. The zero-order valence-corrected chi connectivity index (χ0v) is 27.3. The summed E-state index contributed by atoms with van der Waals surface area (Å²) in [4.78, 5) is 19.2. The second kappa shape index (κ2) is 14.4. The van der Waals surface area contributed by atoms with E-state index in [9.17, 15) is 22.4 Å². The number of rotatable bonds is 11. The zero-order valence-electron chi connectivity index (χ0n) is 24.2. The molecule has 1 aliphatic rings. The molecule has 0 saturated carbocycles. The maximum atomic E-state index is 14.3. The van der Waals surface area contributed by atoms with E-state index in [0.717, 1.165) is 26.6 Å². The molecular weight excluding hydrogens is 736 g/mol. The van der Waals surface area contributed by atoms with Crippen LogP contribution in [0.4, 0.5) is 17.6 Å². The Morgan fingerprint density at radius 2 is 1.59 bits per heavy atom. The predicted octanol–water partition coefficient (Wildman–Crippen LogP) is 7.95. The van der Waals surface area contributed by atoms with Crippen molar-refractivity contribution in [2.45, 2.75) is 37.2 Å². The highest BCUT2D eigenvalue weighted by molar-refractivity contribution is 9.10. The van der Waals surface area contributed by atoms with Gasteiger partial charge in [0.25, 0.3) is 5.91 Å². The van der Waals surface area contributed by atoms with E-state index in [2.05, 4.69) is 37.2 Å². The lowest BCUT2D eigenvalue weighted by atomic mass is 9.82. The molecule has 1 aliphatic heterocycles. The number of ether oxygens (including phenoxy) is 2. The molecule has 4 aromatic rings. The van der Waals surface area contributed by atoms with Gasteiger partial charge in [-0.3, -0.25) is 4.79 Å². The third kappa shape index (κ3) is 7.97. The van der Waals surface area contributed by atoms with Crippen molar-refractivity contribution < 1.29 is 36.9 Å². The summed E-state index contributed by atoms with van der Waals surface area (Å²) >= 11 is 6.86. The number of aliphatic imine (C=N–C) groups is 1. The lowest BCUT2D eigenvalue weighted by Crippen LogP contribution is -2.49. The van der Waals surface area contributed by atoms with Crippen LogP contribution in [0.25, 0.3) is 0 Å². The van der Waals surface area contributed by atoms with E-state index in [1.807, 2.05) is 36.4 Å². The van der Waals surface area contributed by atoms with E-state index < -0.39 is 35.1 Å².